The molecule has 8 nitrogen and oxygen atoms in total. The van der Waals surface area contributed by atoms with Crippen LogP contribution >= 0.6 is 11.9 Å². The van der Waals surface area contributed by atoms with Crippen molar-refractivity contribution in [2.24, 2.45) is 16.1 Å². The van der Waals surface area contributed by atoms with E-state index < -0.39 is 12.3 Å². The average molecular weight is 453 g/mol. The van der Waals surface area contributed by atoms with Crippen molar-refractivity contribution in [2.45, 2.75) is 55.4 Å². The van der Waals surface area contributed by atoms with Crippen LogP contribution in [0.1, 0.15) is 32.1 Å². The van der Waals surface area contributed by atoms with Gasteiger partial charge in [0.25, 0.3) is 0 Å². The van der Waals surface area contributed by atoms with Crippen LogP contribution in [0.3, 0.4) is 0 Å². The van der Waals surface area contributed by atoms with Gasteiger partial charge in [-0.15, -0.1) is 10.2 Å². The molecule has 1 spiro atoms. The maximum absolute atomic E-state index is 13.3. The highest BCUT2D eigenvalue weighted by Crippen LogP contribution is 2.46. The van der Waals surface area contributed by atoms with Crippen molar-refractivity contribution in [1.29, 1.82) is 0 Å². The summed E-state index contributed by atoms with van der Waals surface area (Å²) in [5.74, 6) is 0.699. The molecule has 166 valence electrons. The number of nitrogens with two attached hydrogens (primary N) is 1. The molecule has 2 aliphatic heterocycles. The molecule has 0 aromatic carbocycles. The number of rotatable bonds is 3. The van der Waals surface area contributed by atoms with Crippen molar-refractivity contribution < 1.29 is 13.2 Å². The normalized spacial score (nSPS) is 25.8. The van der Waals surface area contributed by atoms with Gasteiger partial charge in [0.15, 0.2) is 5.65 Å². The van der Waals surface area contributed by atoms with Crippen molar-refractivity contribution in [2.75, 3.05) is 18.0 Å². The van der Waals surface area contributed by atoms with Crippen LogP contribution in [0, 0.1) is 5.41 Å². The molecular weight excluding hydrogens is 429 g/mol. The quantitative estimate of drug-likeness (QED) is 0.717. The first-order valence-corrected chi connectivity index (χ1v) is 11.1. The Bertz CT molecular complexity index is 1010. The molecular formula is C19H23F3N8S. The van der Waals surface area contributed by atoms with Gasteiger partial charge in [-0.1, -0.05) is 6.42 Å². The van der Waals surface area contributed by atoms with Crippen molar-refractivity contribution >= 4 is 29.8 Å². The number of nitrogens with zero attached hydrogens (tertiary/aromatic N) is 7. The highest BCUT2D eigenvalue weighted by Gasteiger charge is 2.45. The van der Waals surface area contributed by atoms with Crippen molar-refractivity contribution in [3.8, 4) is 0 Å². The highest BCUT2D eigenvalue weighted by molar-refractivity contribution is 7.97. The molecule has 0 amide bonds. The number of hydrogen-bond acceptors (Lipinski definition) is 8. The first kappa shape index (κ1) is 20.6. The fraction of sp³-hybridized carbons (Fsp3) is 0.579. The van der Waals surface area contributed by atoms with E-state index in [0.717, 1.165) is 54.8 Å². The van der Waals surface area contributed by atoms with Gasteiger partial charge in [0.2, 0.25) is 12.1 Å². The lowest BCUT2D eigenvalue weighted by atomic mass is 9.74. The second kappa shape index (κ2) is 7.66. The Morgan fingerprint density at radius 3 is 2.71 bits per heavy atom. The molecule has 2 N–H and O–H groups in total. The number of piperidine rings is 1. The van der Waals surface area contributed by atoms with Gasteiger partial charge in [0.05, 0.1) is 11.1 Å². The molecule has 3 aliphatic rings. The first-order valence-electron chi connectivity index (χ1n) is 10.3. The smallest absolute Gasteiger partial charge is 0.342 e. The van der Waals surface area contributed by atoms with Gasteiger partial charge in [-0.05, 0) is 49.1 Å². The number of aromatic nitrogens is 4. The van der Waals surface area contributed by atoms with Crippen molar-refractivity contribution in [1.82, 2.24) is 23.9 Å². The van der Waals surface area contributed by atoms with E-state index in [0.29, 0.717) is 16.5 Å². The minimum absolute atomic E-state index is 0.228. The summed E-state index contributed by atoms with van der Waals surface area (Å²) in [4.78, 5) is 10.8. The zero-order chi connectivity index (χ0) is 21.6. The van der Waals surface area contributed by atoms with E-state index in [1.807, 2.05) is 0 Å². The Kier molecular flexibility index (Phi) is 5.08. The van der Waals surface area contributed by atoms with E-state index in [9.17, 15) is 13.2 Å². The van der Waals surface area contributed by atoms with Crippen LogP contribution in [-0.4, -0.2) is 61.6 Å². The summed E-state index contributed by atoms with van der Waals surface area (Å²) >= 11 is 0.896. The van der Waals surface area contributed by atoms with Gasteiger partial charge in [-0.3, -0.25) is 9.30 Å². The number of anilines is 1. The highest BCUT2D eigenvalue weighted by atomic mass is 32.2. The Hall–Kier alpha value is -2.34. The van der Waals surface area contributed by atoms with Gasteiger partial charge in [-0.25, -0.2) is 9.38 Å². The number of halogens is 3. The second-order valence-electron chi connectivity index (χ2n) is 8.30. The molecule has 2 aromatic rings. The number of allylic oxidation sites excluding steroid dienone is 1. The maximum Gasteiger partial charge on any atom is 0.430 e. The minimum Gasteiger partial charge on any atom is -0.342 e. The third-order valence-corrected chi connectivity index (χ3v) is 7.60. The molecule has 2 aromatic heterocycles. The number of hydrogen-bond donors (Lipinski definition) is 1. The molecule has 1 saturated carbocycles. The van der Waals surface area contributed by atoms with E-state index in [4.69, 9.17) is 5.73 Å². The molecule has 0 radical (unpaired) electrons. The molecule has 4 heterocycles. The molecule has 1 unspecified atom stereocenters. The zero-order valence-corrected chi connectivity index (χ0v) is 17.6. The van der Waals surface area contributed by atoms with Crippen molar-refractivity contribution in [3.63, 3.8) is 0 Å². The van der Waals surface area contributed by atoms with Crippen LogP contribution in [0.2, 0.25) is 0 Å². The Balaban J connectivity index is 1.38. The monoisotopic (exact) mass is 452 g/mol. The summed E-state index contributed by atoms with van der Waals surface area (Å²) in [7, 11) is 0. The molecule has 0 bridgehead atoms. The van der Waals surface area contributed by atoms with Gasteiger partial charge in [-0.2, -0.15) is 13.2 Å². The fourth-order valence-corrected chi connectivity index (χ4v) is 5.80. The van der Waals surface area contributed by atoms with Crippen LogP contribution in [0.25, 0.3) is 5.65 Å². The van der Waals surface area contributed by atoms with Gasteiger partial charge in [0, 0.05) is 31.5 Å². The third-order valence-electron chi connectivity index (χ3n) is 6.58. The number of alkyl halides is 3. The predicted octanol–water partition coefficient (Wildman–Crippen LogP) is 3.02. The van der Waals surface area contributed by atoms with Crippen LogP contribution in [-0.2, 0) is 0 Å². The predicted molar refractivity (Wildman–Crippen MR) is 112 cm³/mol. The molecule has 5 rings (SSSR count). The molecule has 1 saturated heterocycles. The third kappa shape index (κ3) is 3.65. The van der Waals surface area contributed by atoms with Gasteiger partial charge < -0.3 is 10.6 Å². The molecule has 12 heteroatoms. The Labute approximate surface area is 181 Å². The van der Waals surface area contributed by atoms with E-state index in [2.05, 4.69) is 25.1 Å². The lowest BCUT2D eigenvalue weighted by Crippen LogP contribution is -2.47. The summed E-state index contributed by atoms with van der Waals surface area (Å²) in [6, 6.07) is 0.262. The van der Waals surface area contributed by atoms with Crippen molar-refractivity contribution in [3.05, 3.63) is 24.8 Å². The van der Waals surface area contributed by atoms with E-state index in [-0.39, 0.29) is 11.5 Å². The van der Waals surface area contributed by atoms with Gasteiger partial charge in [0.1, 0.15) is 6.33 Å². The zero-order valence-electron chi connectivity index (χ0n) is 16.7. The molecule has 31 heavy (non-hydrogen) atoms. The summed E-state index contributed by atoms with van der Waals surface area (Å²) in [5.41, 5.74) is 7.09. The fourth-order valence-electron chi connectivity index (χ4n) is 4.85. The SMILES string of the molecule is N[C@@H]1CCCC12CCN(c1ncc(SN3C=CC=NC3C(F)(F)F)c3nncn13)CC2. The summed E-state index contributed by atoms with van der Waals surface area (Å²) in [6.45, 7) is 1.67. The standard InChI is InChI=1S/C19H23F3N8S/c20-19(21,22)16-24-7-2-8-30(16)31-13-11-25-17(29-12-26-27-15(13)29)28-9-5-18(6-10-28)4-1-3-14(18)23/h2,7-8,11-12,14,16H,1,3-6,9-10,23H2/t14-,16?/m1/s1. The second-order valence-corrected chi connectivity index (χ2v) is 9.35. The summed E-state index contributed by atoms with van der Waals surface area (Å²) in [5, 5.41) is 8.13. The minimum atomic E-state index is -4.49. The van der Waals surface area contributed by atoms with Crippen LogP contribution < -0.4 is 10.6 Å². The van der Waals surface area contributed by atoms with Crippen LogP contribution in [0.15, 0.2) is 34.7 Å². The molecule has 2 atom stereocenters. The summed E-state index contributed by atoms with van der Waals surface area (Å²) < 4.78 is 42.8. The van der Waals surface area contributed by atoms with E-state index >= 15 is 0 Å². The Morgan fingerprint density at radius 1 is 1.19 bits per heavy atom. The maximum atomic E-state index is 13.3. The number of aliphatic imine (C=N–C) groups is 1. The van der Waals surface area contributed by atoms with Gasteiger partial charge >= 0.3 is 6.18 Å². The average Bonchev–Trinajstić information content (AvgIpc) is 3.37. The lowest BCUT2D eigenvalue weighted by Gasteiger charge is -2.42. The lowest BCUT2D eigenvalue weighted by molar-refractivity contribution is -0.163. The first-order chi connectivity index (χ1) is 14.9. The van der Waals surface area contributed by atoms with E-state index in [1.54, 1.807) is 16.9 Å². The topological polar surface area (TPSA) is 87.9 Å². The van der Waals surface area contributed by atoms with Crippen LogP contribution in [0.4, 0.5) is 19.1 Å². The number of fused-ring (bicyclic) bond motifs is 1. The van der Waals surface area contributed by atoms with E-state index in [1.165, 1.54) is 25.1 Å². The summed E-state index contributed by atoms with van der Waals surface area (Å²) in [6.07, 6.45) is 6.13. The largest absolute Gasteiger partial charge is 0.430 e. The van der Waals surface area contributed by atoms with Crippen LogP contribution in [0.5, 0.6) is 0 Å². The molecule has 1 aliphatic carbocycles. The molecule has 2 fully saturated rings. The Morgan fingerprint density at radius 2 is 2.00 bits per heavy atom.